The van der Waals surface area contributed by atoms with E-state index in [2.05, 4.69) is 24.1 Å². The van der Waals surface area contributed by atoms with Crippen molar-refractivity contribution in [3.05, 3.63) is 0 Å². The minimum Gasteiger partial charge on any atom is -0.341 e. The third kappa shape index (κ3) is 2.49. The Morgan fingerprint density at radius 2 is 2.12 bits per heavy atom. The third-order valence-electron chi connectivity index (χ3n) is 4.42. The number of rotatable bonds is 4. The normalized spacial score (nSPS) is 36.6. The number of carbonyl (C=O) groups excluding carboxylic acids is 1. The number of nitrogens with zero attached hydrogens (tertiary/aromatic N) is 1. The molecule has 96 valence electrons. The molecule has 3 atom stereocenters. The Hall–Kier alpha value is -0.570. The molecule has 0 spiro atoms. The number of amides is 1. The van der Waals surface area contributed by atoms with Gasteiger partial charge in [-0.1, -0.05) is 13.8 Å². The Morgan fingerprint density at radius 3 is 2.76 bits per heavy atom. The average Bonchev–Trinajstić information content (AvgIpc) is 3.13. The summed E-state index contributed by atoms with van der Waals surface area (Å²) in [6.07, 6.45) is 5.15. The van der Waals surface area contributed by atoms with E-state index in [4.69, 9.17) is 0 Å². The van der Waals surface area contributed by atoms with Crippen LogP contribution < -0.4 is 5.32 Å². The van der Waals surface area contributed by atoms with E-state index in [-0.39, 0.29) is 6.04 Å². The molecule has 1 aliphatic carbocycles. The monoisotopic (exact) mass is 236 g/mol. The summed E-state index contributed by atoms with van der Waals surface area (Å²) in [4.78, 5) is 14.3. The molecular weight excluding hydrogens is 212 g/mol. The van der Waals surface area contributed by atoms with E-state index < -0.39 is 0 Å². The van der Waals surface area contributed by atoms with E-state index in [1.165, 1.54) is 25.7 Å². The van der Waals surface area contributed by atoms with Crippen molar-refractivity contribution in [3.63, 3.8) is 0 Å². The second-order valence-corrected chi connectivity index (χ2v) is 6.58. The maximum absolute atomic E-state index is 12.2. The smallest absolute Gasteiger partial charge is 0.241 e. The van der Waals surface area contributed by atoms with E-state index in [1.54, 1.807) is 0 Å². The molecule has 1 unspecified atom stereocenters. The number of hydrogen-bond donors (Lipinski definition) is 1. The summed E-state index contributed by atoms with van der Waals surface area (Å²) >= 11 is 0. The molecule has 1 saturated carbocycles. The van der Waals surface area contributed by atoms with Crippen molar-refractivity contribution in [2.75, 3.05) is 13.1 Å². The molecule has 17 heavy (non-hydrogen) atoms. The summed E-state index contributed by atoms with van der Waals surface area (Å²) in [6.45, 7) is 6.55. The highest BCUT2D eigenvalue weighted by atomic mass is 16.2. The predicted molar refractivity (Wildman–Crippen MR) is 67.6 cm³/mol. The Kier molecular flexibility index (Phi) is 2.89. The minimum atomic E-state index is 0.181. The van der Waals surface area contributed by atoms with Gasteiger partial charge in [-0.25, -0.2) is 0 Å². The van der Waals surface area contributed by atoms with E-state index >= 15 is 0 Å². The Balaban J connectivity index is 1.47. The first-order valence-corrected chi connectivity index (χ1v) is 7.20. The van der Waals surface area contributed by atoms with Crippen LogP contribution in [0.1, 0.15) is 39.5 Å². The van der Waals surface area contributed by atoms with Crippen LogP contribution in [-0.4, -0.2) is 36.0 Å². The summed E-state index contributed by atoms with van der Waals surface area (Å²) in [7, 11) is 0. The maximum Gasteiger partial charge on any atom is 0.241 e. The molecule has 2 aliphatic heterocycles. The fraction of sp³-hybridized carbons (Fsp3) is 0.929. The number of carbonyl (C=O) groups is 1. The Morgan fingerprint density at radius 1 is 1.35 bits per heavy atom. The lowest BCUT2D eigenvalue weighted by atomic mass is 9.97. The van der Waals surface area contributed by atoms with Gasteiger partial charge in [0, 0.05) is 19.1 Å². The van der Waals surface area contributed by atoms with Gasteiger partial charge < -0.3 is 4.90 Å². The van der Waals surface area contributed by atoms with Gasteiger partial charge in [-0.15, -0.1) is 0 Å². The Labute approximate surface area is 104 Å². The fourth-order valence-corrected chi connectivity index (χ4v) is 3.33. The second kappa shape index (κ2) is 4.27. The van der Waals surface area contributed by atoms with Crippen molar-refractivity contribution in [1.29, 1.82) is 0 Å². The van der Waals surface area contributed by atoms with E-state index in [0.717, 1.165) is 30.8 Å². The maximum atomic E-state index is 12.2. The van der Waals surface area contributed by atoms with Gasteiger partial charge in [0.1, 0.15) is 6.04 Å². The molecule has 2 heterocycles. The molecule has 0 bridgehead atoms. The van der Waals surface area contributed by atoms with Crippen LogP contribution in [-0.2, 0) is 4.79 Å². The largest absolute Gasteiger partial charge is 0.341 e. The highest BCUT2D eigenvalue weighted by Gasteiger charge is 2.52. The molecule has 2 saturated heterocycles. The lowest BCUT2D eigenvalue weighted by Crippen LogP contribution is -2.34. The van der Waals surface area contributed by atoms with Crippen LogP contribution in [0.2, 0.25) is 0 Å². The van der Waals surface area contributed by atoms with Gasteiger partial charge in [0.15, 0.2) is 0 Å². The zero-order valence-corrected chi connectivity index (χ0v) is 11.0. The SMILES string of the molecule is CC(C)CC1CCN(C(=O)[C@@H]2N[C@H]2C2CC2)C1. The van der Waals surface area contributed by atoms with Crippen LogP contribution in [0.4, 0.5) is 0 Å². The molecule has 3 heteroatoms. The van der Waals surface area contributed by atoms with E-state index in [1.807, 2.05) is 0 Å². The zero-order valence-electron chi connectivity index (χ0n) is 11.0. The molecule has 3 nitrogen and oxygen atoms in total. The standard InChI is InChI=1S/C14H24N2O/c1-9(2)7-10-5-6-16(8-10)14(17)13-12(15-13)11-3-4-11/h9-13,15H,3-8H2,1-2H3/t10?,12-,13+/m0/s1. The number of nitrogens with one attached hydrogen (secondary N) is 1. The predicted octanol–water partition coefficient (Wildman–Crippen LogP) is 1.63. The van der Waals surface area contributed by atoms with Crippen LogP contribution >= 0.6 is 0 Å². The van der Waals surface area contributed by atoms with Crippen molar-refractivity contribution in [2.24, 2.45) is 17.8 Å². The second-order valence-electron chi connectivity index (χ2n) is 6.58. The summed E-state index contributed by atoms with van der Waals surface area (Å²) in [6, 6.07) is 0.715. The summed E-state index contributed by atoms with van der Waals surface area (Å²) in [5.74, 6) is 2.71. The van der Waals surface area contributed by atoms with Gasteiger partial charge >= 0.3 is 0 Å². The molecule has 3 aliphatic rings. The van der Waals surface area contributed by atoms with Crippen molar-refractivity contribution >= 4 is 5.91 Å². The van der Waals surface area contributed by atoms with Gasteiger partial charge in [0.2, 0.25) is 5.91 Å². The van der Waals surface area contributed by atoms with Crippen LogP contribution in [0.15, 0.2) is 0 Å². The lowest BCUT2D eigenvalue weighted by molar-refractivity contribution is -0.129. The van der Waals surface area contributed by atoms with Gasteiger partial charge in [-0.3, -0.25) is 10.1 Å². The summed E-state index contributed by atoms with van der Waals surface area (Å²) < 4.78 is 0. The third-order valence-corrected chi connectivity index (χ3v) is 4.42. The highest BCUT2D eigenvalue weighted by molar-refractivity contribution is 5.86. The van der Waals surface area contributed by atoms with Crippen molar-refractivity contribution in [3.8, 4) is 0 Å². The molecule has 3 fully saturated rings. The molecule has 0 aromatic rings. The lowest BCUT2D eigenvalue weighted by Gasteiger charge is -2.17. The number of likely N-dealkylation sites (tertiary alicyclic amines) is 1. The quantitative estimate of drug-likeness (QED) is 0.754. The Bertz CT molecular complexity index is 311. The van der Waals surface area contributed by atoms with Gasteiger partial charge in [0.25, 0.3) is 0 Å². The van der Waals surface area contributed by atoms with Gasteiger partial charge in [0.05, 0.1) is 0 Å². The average molecular weight is 236 g/mol. The molecule has 0 aromatic heterocycles. The minimum absolute atomic E-state index is 0.181. The topological polar surface area (TPSA) is 42.2 Å². The van der Waals surface area contributed by atoms with Crippen LogP contribution in [0.3, 0.4) is 0 Å². The van der Waals surface area contributed by atoms with E-state index in [0.29, 0.717) is 11.9 Å². The van der Waals surface area contributed by atoms with Crippen molar-refractivity contribution < 1.29 is 4.79 Å². The van der Waals surface area contributed by atoms with Crippen LogP contribution in [0, 0.1) is 17.8 Å². The highest BCUT2D eigenvalue weighted by Crippen LogP contribution is 2.40. The fourth-order valence-electron chi connectivity index (χ4n) is 3.33. The van der Waals surface area contributed by atoms with Crippen molar-refractivity contribution in [2.45, 2.75) is 51.6 Å². The molecule has 0 radical (unpaired) electrons. The van der Waals surface area contributed by atoms with Crippen molar-refractivity contribution in [1.82, 2.24) is 10.2 Å². The first kappa shape index (κ1) is 11.5. The molecule has 1 amide bonds. The summed E-state index contributed by atoms with van der Waals surface area (Å²) in [5, 5.41) is 3.37. The first-order chi connectivity index (χ1) is 8.15. The zero-order chi connectivity index (χ0) is 12.0. The molecule has 3 rings (SSSR count). The van der Waals surface area contributed by atoms with Crippen LogP contribution in [0.5, 0.6) is 0 Å². The van der Waals surface area contributed by atoms with Gasteiger partial charge in [-0.05, 0) is 43.4 Å². The van der Waals surface area contributed by atoms with E-state index in [9.17, 15) is 4.79 Å². The van der Waals surface area contributed by atoms with Crippen LogP contribution in [0.25, 0.3) is 0 Å². The first-order valence-electron chi connectivity index (χ1n) is 7.20. The molecule has 1 N–H and O–H groups in total. The number of hydrogen-bond acceptors (Lipinski definition) is 2. The summed E-state index contributed by atoms with van der Waals surface area (Å²) in [5.41, 5.74) is 0. The molecule has 0 aromatic carbocycles. The van der Waals surface area contributed by atoms with Gasteiger partial charge in [-0.2, -0.15) is 0 Å². The molecular formula is C14H24N2O.